The molecule has 0 saturated heterocycles. The number of nitrogens with one attached hydrogen (secondary N) is 1. The van der Waals surface area contributed by atoms with E-state index < -0.39 is 0 Å². The van der Waals surface area contributed by atoms with Crippen LogP contribution in [-0.2, 0) is 4.79 Å². The van der Waals surface area contributed by atoms with Gasteiger partial charge < -0.3 is 14.8 Å². The van der Waals surface area contributed by atoms with Gasteiger partial charge in [0.15, 0.2) is 5.58 Å². The summed E-state index contributed by atoms with van der Waals surface area (Å²) in [7, 11) is 0. The molecule has 0 bridgehead atoms. The number of hydrogen-bond acceptors (Lipinski definition) is 5. The van der Waals surface area contributed by atoms with Crippen molar-refractivity contribution in [1.82, 2.24) is 10.3 Å². The standard InChI is InChI=1S/C14H16N2O3S/c17-9-14(6-3-7-14)16-12(18)8-20-13-15-10-4-1-2-5-11(10)19-13/h1-2,4-5,17H,3,6-9H2,(H,16,18). The molecule has 5 nitrogen and oxygen atoms in total. The summed E-state index contributed by atoms with van der Waals surface area (Å²) >= 11 is 1.27. The van der Waals surface area contributed by atoms with E-state index in [1.54, 1.807) is 0 Å². The van der Waals surface area contributed by atoms with Crippen molar-refractivity contribution in [2.45, 2.75) is 30.0 Å². The third-order valence-electron chi connectivity index (χ3n) is 3.62. The van der Waals surface area contributed by atoms with Gasteiger partial charge in [-0.05, 0) is 31.4 Å². The van der Waals surface area contributed by atoms with Crippen LogP contribution >= 0.6 is 11.8 Å². The number of oxazole rings is 1. The maximum Gasteiger partial charge on any atom is 0.257 e. The van der Waals surface area contributed by atoms with Crippen molar-refractivity contribution >= 4 is 28.8 Å². The van der Waals surface area contributed by atoms with E-state index in [1.165, 1.54) is 11.8 Å². The monoisotopic (exact) mass is 292 g/mol. The number of thioether (sulfide) groups is 1. The van der Waals surface area contributed by atoms with Crippen LogP contribution in [0, 0.1) is 0 Å². The number of aliphatic hydroxyl groups excluding tert-OH is 1. The van der Waals surface area contributed by atoms with Crippen molar-refractivity contribution in [2.75, 3.05) is 12.4 Å². The fourth-order valence-electron chi connectivity index (χ4n) is 2.30. The zero-order valence-corrected chi connectivity index (χ0v) is 11.8. The second-order valence-corrected chi connectivity index (χ2v) is 6.00. The summed E-state index contributed by atoms with van der Waals surface area (Å²) in [6.45, 7) is 0.00624. The zero-order valence-electron chi connectivity index (χ0n) is 11.0. The Hall–Kier alpha value is -1.53. The van der Waals surface area contributed by atoms with E-state index in [2.05, 4.69) is 10.3 Å². The minimum absolute atomic E-state index is 0.00624. The molecule has 1 fully saturated rings. The first-order valence-electron chi connectivity index (χ1n) is 6.61. The van der Waals surface area contributed by atoms with Crippen molar-refractivity contribution in [3.63, 3.8) is 0 Å². The number of para-hydroxylation sites is 2. The van der Waals surface area contributed by atoms with Gasteiger partial charge in [-0.1, -0.05) is 23.9 Å². The maximum absolute atomic E-state index is 11.9. The number of hydrogen-bond donors (Lipinski definition) is 2. The molecule has 1 heterocycles. The van der Waals surface area contributed by atoms with Crippen molar-refractivity contribution in [2.24, 2.45) is 0 Å². The van der Waals surface area contributed by atoms with E-state index in [4.69, 9.17) is 4.42 Å². The predicted octanol–water partition coefficient (Wildman–Crippen LogP) is 1.95. The van der Waals surface area contributed by atoms with Crippen molar-refractivity contribution < 1.29 is 14.3 Å². The molecule has 2 aromatic rings. The van der Waals surface area contributed by atoms with Crippen LogP contribution in [0.4, 0.5) is 0 Å². The molecule has 1 amide bonds. The number of rotatable bonds is 5. The van der Waals surface area contributed by atoms with Crippen molar-refractivity contribution in [1.29, 1.82) is 0 Å². The highest BCUT2D eigenvalue weighted by Crippen LogP contribution is 2.31. The van der Waals surface area contributed by atoms with E-state index in [0.29, 0.717) is 5.22 Å². The van der Waals surface area contributed by atoms with Gasteiger partial charge in [0.1, 0.15) is 5.52 Å². The van der Waals surface area contributed by atoms with Gasteiger partial charge in [-0.3, -0.25) is 4.79 Å². The maximum atomic E-state index is 11.9. The minimum atomic E-state index is -0.390. The molecule has 6 heteroatoms. The van der Waals surface area contributed by atoms with Gasteiger partial charge in [0.05, 0.1) is 17.9 Å². The minimum Gasteiger partial charge on any atom is -0.431 e. The first-order valence-corrected chi connectivity index (χ1v) is 7.60. The van der Waals surface area contributed by atoms with E-state index >= 15 is 0 Å². The Balaban J connectivity index is 1.57. The third kappa shape index (κ3) is 2.66. The Morgan fingerprint density at radius 3 is 2.90 bits per heavy atom. The molecular formula is C14H16N2O3S. The molecule has 0 spiro atoms. The van der Waals surface area contributed by atoms with Gasteiger partial charge in [-0.25, -0.2) is 4.98 Å². The number of amides is 1. The highest BCUT2D eigenvalue weighted by Gasteiger charge is 2.37. The summed E-state index contributed by atoms with van der Waals surface area (Å²) < 4.78 is 5.54. The van der Waals surface area contributed by atoms with E-state index in [1.807, 2.05) is 24.3 Å². The number of aliphatic hydroxyl groups is 1. The number of carbonyl (C=O) groups is 1. The summed E-state index contributed by atoms with van der Waals surface area (Å²) in [5, 5.41) is 12.7. The van der Waals surface area contributed by atoms with Gasteiger partial charge in [0.2, 0.25) is 5.91 Å². The second kappa shape index (κ2) is 5.46. The lowest BCUT2D eigenvalue weighted by atomic mass is 9.77. The molecule has 1 aliphatic rings. The Morgan fingerprint density at radius 1 is 1.45 bits per heavy atom. The van der Waals surface area contributed by atoms with Crippen LogP contribution in [0.1, 0.15) is 19.3 Å². The molecule has 106 valence electrons. The predicted molar refractivity (Wildman–Crippen MR) is 76.5 cm³/mol. The molecule has 3 rings (SSSR count). The van der Waals surface area contributed by atoms with Crippen LogP contribution in [-0.4, -0.2) is 33.9 Å². The molecule has 1 saturated carbocycles. The normalized spacial score (nSPS) is 16.9. The molecule has 20 heavy (non-hydrogen) atoms. The Kier molecular flexibility index (Phi) is 3.67. The van der Waals surface area contributed by atoms with Gasteiger partial charge in [-0.2, -0.15) is 0 Å². The third-order valence-corrected chi connectivity index (χ3v) is 4.45. The molecule has 0 atom stereocenters. The van der Waals surface area contributed by atoms with Gasteiger partial charge >= 0.3 is 0 Å². The van der Waals surface area contributed by atoms with Gasteiger partial charge in [-0.15, -0.1) is 0 Å². The SMILES string of the molecule is O=C(CSc1nc2ccccc2o1)NC1(CO)CCC1. The summed E-state index contributed by atoms with van der Waals surface area (Å²) in [4.78, 5) is 16.2. The second-order valence-electron chi connectivity index (χ2n) is 5.08. The highest BCUT2D eigenvalue weighted by molar-refractivity contribution is 7.99. The topological polar surface area (TPSA) is 75.4 Å². The van der Waals surface area contributed by atoms with Crippen molar-refractivity contribution in [3.05, 3.63) is 24.3 Å². The molecule has 0 unspecified atom stereocenters. The van der Waals surface area contributed by atoms with Crippen LogP contribution in [0.3, 0.4) is 0 Å². The summed E-state index contributed by atoms with van der Waals surface area (Å²) in [6.07, 6.45) is 2.75. The zero-order chi connectivity index (χ0) is 14.0. The molecule has 2 N–H and O–H groups in total. The van der Waals surface area contributed by atoms with E-state index in [0.717, 1.165) is 30.4 Å². The first-order chi connectivity index (χ1) is 9.71. The first kappa shape index (κ1) is 13.5. The highest BCUT2D eigenvalue weighted by atomic mass is 32.2. The largest absolute Gasteiger partial charge is 0.431 e. The number of aromatic nitrogens is 1. The summed E-state index contributed by atoms with van der Waals surface area (Å²) in [6, 6.07) is 7.50. The van der Waals surface area contributed by atoms with Crippen molar-refractivity contribution in [3.8, 4) is 0 Å². The van der Waals surface area contributed by atoms with E-state index in [-0.39, 0.29) is 23.8 Å². The van der Waals surface area contributed by atoms with Crippen LogP contribution in [0.25, 0.3) is 11.1 Å². The molecule has 1 aliphatic carbocycles. The lowest BCUT2D eigenvalue weighted by Gasteiger charge is -2.40. The Labute approximate surface area is 120 Å². The summed E-state index contributed by atoms with van der Waals surface area (Å²) in [5.41, 5.74) is 1.13. The quantitative estimate of drug-likeness (QED) is 0.824. The number of nitrogens with zero attached hydrogens (tertiary/aromatic N) is 1. The van der Waals surface area contributed by atoms with Gasteiger partial charge in [0, 0.05) is 0 Å². The lowest BCUT2D eigenvalue weighted by molar-refractivity contribution is -0.122. The Bertz CT molecular complexity index is 583. The number of benzene rings is 1. The number of fused-ring (bicyclic) bond motifs is 1. The van der Waals surface area contributed by atoms with Crippen LogP contribution in [0.5, 0.6) is 0 Å². The molecule has 1 aromatic heterocycles. The molecule has 0 aliphatic heterocycles. The molecular weight excluding hydrogens is 276 g/mol. The fraction of sp³-hybridized carbons (Fsp3) is 0.429. The average Bonchev–Trinajstić information content (AvgIpc) is 2.83. The van der Waals surface area contributed by atoms with Crippen LogP contribution in [0.15, 0.2) is 33.9 Å². The Morgan fingerprint density at radius 2 is 2.25 bits per heavy atom. The van der Waals surface area contributed by atoms with E-state index in [9.17, 15) is 9.90 Å². The molecule has 0 radical (unpaired) electrons. The fourth-order valence-corrected chi connectivity index (χ4v) is 2.94. The summed E-state index contributed by atoms with van der Waals surface area (Å²) in [5.74, 6) is 0.153. The average molecular weight is 292 g/mol. The number of carbonyl (C=O) groups excluding carboxylic acids is 1. The van der Waals surface area contributed by atoms with Gasteiger partial charge in [0.25, 0.3) is 5.22 Å². The van der Waals surface area contributed by atoms with Crippen LogP contribution in [0.2, 0.25) is 0 Å². The lowest BCUT2D eigenvalue weighted by Crippen LogP contribution is -2.56. The van der Waals surface area contributed by atoms with Crippen LogP contribution < -0.4 is 5.32 Å². The molecule has 1 aromatic carbocycles. The smallest absolute Gasteiger partial charge is 0.257 e.